The second-order valence-electron chi connectivity index (χ2n) is 6.65. The predicted molar refractivity (Wildman–Crippen MR) is 111 cm³/mol. The maximum absolute atomic E-state index is 12.6. The van der Waals surface area contributed by atoms with Crippen molar-refractivity contribution in [3.05, 3.63) is 76.8 Å². The van der Waals surface area contributed by atoms with Crippen molar-refractivity contribution in [3.8, 4) is 0 Å². The molecular weight excluding hydrogens is 352 g/mol. The summed E-state index contributed by atoms with van der Waals surface area (Å²) < 4.78 is 1.35. The number of rotatable bonds is 8. The minimum absolute atomic E-state index is 0.0452. The highest BCUT2D eigenvalue weighted by molar-refractivity contribution is 5.78. The van der Waals surface area contributed by atoms with Crippen LogP contribution in [0.2, 0.25) is 0 Å². The summed E-state index contributed by atoms with van der Waals surface area (Å²) in [5, 5.41) is 3.50. The number of amides is 1. The number of aromatic nitrogens is 2. The SMILES string of the molecule is CCN(CC)C(CNC(=O)Cn1cnc2ccccc2c1=O)c1ccccc1. The van der Waals surface area contributed by atoms with Gasteiger partial charge in [0.15, 0.2) is 0 Å². The van der Waals surface area contributed by atoms with Gasteiger partial charge in [-0.25, -0.2) is 4.98 Å². The quantitative estimate of drug-likeness (QED) is 0.654. The van der Waals surface area contributed by atoms with E-state index in [1.807, 2.05) is 24.3 Å². The molecule has 1 aromatic heterocycles. The summed E-state index contributed by atoms with van der Waals surface area (Å²) in [7, 11) is 0. The molecule has 0 saturated heterocycles. The summed E-state index contributed by atoms with van der Waals surface area (Å²) >= 11 is 0. The fourth-order valence-electron chi connectivity index (χ4n) is 3.44. The maximum Gasteiger partial charge on any atom is 0.261 e. The maximum atomic E-state index is 12.6. The molecule has 6 nitrogen and oxygen atoms in total. The number of hydrogen-bond acceptors (Lipinski definition) is 4. The van der Waals surface area contributed by atoms with Crippen LogP contribution in [-0.4, -0.2) is 40.0 Å². The number of hydrogen-bond donors (Lipinski definition) is 1. The van der Waals surface area contributed by atoms with Crippen molar-refractivity contribution in [1.82, 2.24) is 19.8 Å². The standard InChI is InChI=1S/C22H26N4O2/c1-3-25(4-2)20(17-10-6-5-7-11-17)14-23-21(27)15-26-16-24-19-13-9-8-12-18(19)22(26)28/h5-13,16,20H,3-4,14-15H2,1-2H3,(H,23,27). The number of likely N-dealkylation sites (N-methyl/N-ethyl adjacent to an activating group) is 1. The Labute approximate surface area is 164 Å². The van der Waals surface area contributed by atoms with Crippen LogP contribution in [0, 0.1) is 0 Å². The summed E-state index contributed by atoms with van der Waals surface area (Å²) in [6, 6.07) is 17.4. The monoisotopic (exact) mass is 378 g/mol. The zero-order valence-corrected chi connectivity index (χ0v) is 16.3. The van der Waals surface area contributed by atoms with E-state index in [0.29, 0.717) is 17.4 Å². The third-order valence-electron chi connectivity index (χ3n) is 4.98. The molecule has 0 aliphatic carbocycles. The predicted octanol–water partition coefficient (Wildman–Crippen LogP) is 2.60. The highest BCUT2D eigenvalue weighted by Gasteiger charge is 2.19. The molecular formula is C22H26N4O2. The number of carbonyl (C=O) groups excluding carboxylic acids is 1. The van der Waals surface area contributed by atoms with E-state index < -0.39 is 0 Å². The van der Waals surface area contributed by atoms with Crippen LogP contribution in [0.25, 0.3) is 10.9 Å². The second kappa shape index (κ2) is 9.28. The van der Waals surface area contributed by atoms with E-state index in [1.165, 1.54) is 10.9 Å². The molecule has 1 unspecified atom stereocenters. The highest BCUT2D eigenvalue weighted by Crippen LogP contribution is 2.19. The molecule has 0 saturated carbocycles. The minimum atomic E-state index is -0.205. The summed E-state index contributed by atoms with van der Waals surface area (Å²) in [6.45, 7) is 6.44. The molecule has 3 rings (SSSR count). The van der Waals surface area contributed by atoms with Gasteiger partial charge < -0.3 is 5.32 Å². The Balaban J connectivity index is 1.71. The third-order valence-corrected chi connectivity index (χ3v) is 4.98. The van der Waals surface area contributed by atoms with E-state index in [1.54, 1.807) is 18.2 Å². The van der Waals surface area contributed by atoms with Crippen molar-refractivity contribution in [2.45, 2.75) is 26.4 Å². The molecule has 1 atom stereocenters. The van der Waals surface area contributed by atoms with Gasteiger partial charge in [0.05, 0.1) is 23.3 Å². The van der Waals surface area contributed by atoms with Crippen molar-refractivity contribution in [2.75, 3.05) is 19.6 Å². The Morgan fingerprint density at radius 3 is 2.46 bits per heavy atom. The molecule has 146 valence electrons. The van der Waals surface area contributed by atoms with Crippen molar-refractivity contribution in [1.29, 1.82) is 0 Å². The summed E-state index contributed by atoms with van der Waals surface area (Å²) in [4.78, 5) is 31.7. The highest BCUT2D eigenvalue weighted by atomic mass is 16.2. The Morgan fingerprint density at radius 1 is 1.07 bits per heavy atom. The van der Waals surface area contributed by atoms with Crippen LogP contribution in [0.4, 0.5) is 0 Å². The molecule has 1 N–H and O–H groups in total. The molecule has 2 aromatic carbocycles. The first-order valence-corrected chi connectivity index (χ1v) is 9.64. The van der Waals surface area contributed by atoms with Gasteiger partial charge in [-0.2, -0.15) is 0 Å². The van der Waals surface area contributed by atoms with Crippen LogP contribution in [-0.2, 0) is 11.3 Å². The van der Waals surface area contributed by atoms with Gasteiger partial charge in [-0.1, -0.05) is 56.3 Å². The van der Waals surface area contributed by atoms with Gasteiger partial charge in [0, 0.05) is 6.54 Å². The third kappa shape index (κ3) is 4.46. The van der Waals surface area contributed by atoms with E-state index in [2.05, 4.69) is 41.2 Å². The molecule has 0 fully saturated rings. The molecule has 0 radical (unpaired) electrons. The molecule has 1 heterocycles. The second-order valence-corrected chi connectivity index (χ2v) is 6.65. The smallest absolute Gasteiger partial charge is 0.261 e. The van der Waals surface area contributed by atoms with Crippen LogP contribution in [0.5, 0.6) is 0 Å². The molecule has 3 aromatic rings. The molecule has 1 amide bonds. The first-order valence-electron chi connectivity index (χ1n) is 9.64. The number of nitrogens with one attached hydrogen (secondary N) is 1. The number of benzene rings is 2. The summed E-state index contributed by atoms with van der Waals surface area (Å²) in [5.41, 5.74) is 1.59. The van der Waals surface area contributed by atoms with E-state index in [4.69, 9.17) is 0 Å². The lowest BCUT2D eigenvalue weighted by atomic mass is 10.1. The molecule has 0 bridgehead atoms. The van der Waals surface area contributed by atoms with Crippen LogP contribution >= 0.6 is 0 Å². The lowest BCUT2D eigenvalue weighted by molar-refractivity contribution is -0.122. The lowest BCUT2D eigenvalue weighted by Gasteiger charge is -2.30. The van der Waals surface area contributed by atoms with Crippen molar-refractivity contribution in [3.63, 3.8) is 0 Å². The van der Waals surface area contributed by atoms with Gasteiger partial charge in [0.25, 0.3) is 5.56 Å². The van der Waals surface area contributed by atoms with E-state index in [9.17, 15) is 9.59 Å². The average molecular weight is 378 g/mol. The van der Waals surface area contributed by atoms with Crippen LogP contribution in [0.15, 0.2) is 65.7 Å². The first kappa shape index (κ1) is 19.8. The van der Waals surface area contributed by atoms with E-state index in [0.717, 1.165) is 18.7 Å². The molecule has 0 aliphatic rings. The fraction of sp³-hybridized carbons (Fsp3) is 0.318. The minimum Gasteiger partial charge on any atom is -0.353 e. The topological polar surface area (TPSA) is 67.2 Å². The Bertz CT molecular complexity index is 980. The number of nitrogens with zero attached hydrogens (tertiary/aromatic N) is 3. The Kier molecular flexibility index (Phi) is 6.55. The van der Waals surface area contributed by atoms with Gasteiger partial charge in [-0.3, -0.25) is 19.1 Å². The number of para-hydroxylation sites is 1. The van der Waals surface area contributed by atoms with Gasteiger partial charge >= 0.3 is 0 Å². The molecule has 0 aliphatic heterocycles. The van der Waals surface area contributed by atoms with Crippen LogP contribution < -0.4 is 10.9 Å². The summed E-state index contributed by atoms with van der Waals surface area (Å²) in [6.07, 6.45) is 1.43. The van der Waals surface area contributed by atoms with Gasteiger partial charge in [0.2, 0.25) is 5.91 Å². The lowest BCUT2D eigenvalue weighted by Crippen LogP contribution is -2.40. The fourth-order valence-corrected chi connectivity index (χ4v) is 3.44. The van der Waals surface area contributed by atoms with Gasteiger partial charge in [-0.15, -0.1) is 0 Å². The zero-order valence-electron chi connectivity index (χ0n) is 16.3. The summed E-state index contributed by atoms with van der Waals surface area (Å²) in [5.74, 6) is -0.202. The van der Waals surface area contributed by atoms with Crippen molar-refractivity contribution < 1.29 is 4.79 Å². The average Bonchev–Trinajstić information content (AvgIpc) is 2.74. The van der Waals surface area contributed by atoms with Gasteiger partial charge in [-0.05, 0) is 30.8 Å². The molecule has 0 spiro atoms. The first-order chi connectivity index (χ1) is 13.6. The van der Waals surface area contributed by atoms with Gasteiger partial charge in [0.1, 0.15) is 6.54 Å². The van der Waals surface area contributed by atoms with Crippen molar-refractivity contribution in [2.24, 2.45) is 0 Å². The normalized spacial score (nSPS) is 12.2. The number of fused-ring (bicyclic) bond motifs is 1. The van der Waals surface area contributed by atoms with Crippen LogP contribution in [0.3, 0.4) is 0 Å². The number of carbonyl (C=O) groups is 1. The largest absolute Gasteiger partial charge is 0.353 e. The van der Waals surface area contributed by atoms with Crippen molar-refractivity contribution >= 4 is 16.8 Å². The molecule has 28 heavy (non-hydrogen) atoms. The van der Waals surface area contributed by atoms with E-state index >= 15 is 0 Å². The van der Waals surface area contributed by atoms with Crippen LogP contribution in [0.1, 0.15) is 25.5 Å². The zero-order chi connectivity index (χ0) is 19.9. The Hall–Kier alpha value is -2.99. The Morgan fingerprint density at radius 2 is 1.75 bits per heavy atom. The van der Waals surface area contributed by atoms with E-state index in [-0.39, 0.29) is 24.1 Å². The molecule has 6 heteroatoms.